The van der Waals surface area contributed by atoms with Crippen LogP contribution >= 0.6 is 23.7 Å². The van der Waals surface area contributed by atoms with E-state index in [1.54, 1.807) is 18.3 Å². The molecule has 2 aliphatic rings. The maximum atomic E-state index is 12.0. The normalized spacial score (nSPS) is 21.6. The Morgan fingerprint density at radius 3 is 2.68 bits per heavy atom. The zero-order valence-electron chi connectivity index (χ0n) is 13.1. The summed E-state index contributed by atoms with van der Waals surface area (Å²) < 4.78 is 0. The number of carbonyl (C=O) groups is 1. The van der Waals surface area contributed by atoms with Gasteiger partial charge in [0.1, 0.15) is 0 Å². The molecule has 1 spiro atoms. The first-order chi connectivity index (χ1) is 10.1. The molecule has 1 amide bonds. The van der Waals surface area contributed by atoms with E-state index in [1.807, 2.05) is 6.20 Å². The number of nitrogen functional groups attached to an aromatic ring is 1. The molecule has 2 fully saturated rings. The molecule has 1 saturated heterocycles. The number of hydrogen-bond acceptors (Lipinski definition) is 5. The van der Waals surface area contributed by atoms with Gasteiger partial charge < -0.3 is 10.6 Å². The molecular formula is C15H25ClN4OS. The Bertz CT molecular complexity index is 515. The van der Waals surface area contributed by atoms with Crippen LogP contribution in [0.2, 0.25) is 0 Å². The lowest BCUT2D eigenvalue weighted by atomic mass is 9.78. The number of piperazine rings is 1. The lowest BCUT2D eigenvalue weighted by Crippen LogP contribution is -2.63. The number of aromatic nitrogens is 1. The van der Waals surface area contributed by atoms with Crippen LogP contribution in [0.25, 0.3) is 0 Å². The molecule has 124 valence electrons. The summed E-state index contributed by atoms with van der Waals surface area (Å²) in [5.74, 6) is 0.235. The van der Waals surface area contributed by atoms with Crippen LogP contribution in [0.5, 0.6) is 0 Å². The third-order valence-corrected chi connectivity index (χ3v) is 5.66. The zero-order valence-corrected chi connectivity index (χ0v) is 14.7. The van der Waals surface area contributed by atoms with Crippen molar-refractivity contribution >= 4 is 34.8 Å². The number of nitrogens with zero attached hydrogens (tertiary/aromatic N) is 3. The Hall–Kier alpha value is -0.850. The van der Waals surface area contributed by atoms with Crippen molar-refractivity contribution in [1.82, 2.24) is 14.8 Å². The third-order valence-electron chi connectivity index (χ3n) is 4.85. The van der Waals surface area contributed by atoms with Gasteiger partial charge in [-0.1, -0.05) is 19.3 Å². The molecule has 1 aliphatic heterocycles. The van der Waals surface area contributed by atoms with Crippen LogP contribution in [0.4, 0.5) is 5.13 Å². The summed E-state index contributed by atoms with van der Waals surface area (Å²) in [7, 11) is 0. The predicted octanol–water partition coefficient (Wildman–Crippen LogP) is 2.51. The van der Waals surface area contributed by atoms with E-state index in [2.05, 4.69) is 14.8 Å². The molecule has 0 aromatic carbocycles. The number of thiazole rings is 1. The monoisotopic (exact) mass is 344 g/mol. The average Bonchev–Trinajstić information content (AvgIpc) is 2.84. The van der Waals surface area contributed by atoms with E-state index < -0.39 is 0 Å². The molecule has 2 heterocycles. The van der Waals surface area contributed by atoms with Crippen molar-refractivity contribution in [1.29, 1.82) is 0 Å². The van der Waals surface area contributed by atoms with Crippen LogP contribution in [0.15, 0.2) is 6.20 Å². The number of nitrogens with two attached hydrogens (primary N) is 1. The first-order valence-electron chi connectivity index (χ1n) is 7.80. The molecule has 2 N–H and O–H groups in total. The molecule has 3 rings (SSSR count). The summed E-state index contributed by atoms with van der Waals surface area (Å²) in [5.41, 5.74) is 5.79. The topological polar surface area (TPSA) is 62.5 Å². The SMILES string of the molecule is CC(=O)N1CCN(Cc2cnc(N)s2)CC12CCCCC2.Cl. The number of carbonyl (C=O) groups excluding carboxylic acids is 1. The van der Waals surface area contributed by atoms with Crippen LogP contribution in [-0.4, -0.2) is 45.9 Å². The lowest BCUT2D eigenvalue weighted by molar-refractivity contribution is -0.142. The van der Waals surface area contributed by atoms with Gasteiger partial charge >= 0.3 is 0 Å². The molecule has 1 saturated carbocycles. The van der Waals surface area contributed by atoms with Gasteiger partial charge in [-0.25, -0.2) is 4.98 Å². The second kappa shape index (κ2) is 7.15. The molecular weight excluding hydrogens is 320 g/mol. The number of halogens is 1. The van der Waals surface area contributed by atoms with E-state index in [1.165, 1.54) is 24.1 Å². The van der Waals surface area contributed by atoms with E-state index >= 15 is 0 Å². The summed E-state index contributed by atoms with van der Waals surface area (Å²) in [6.45, 7) is 5.41. The lowest BCUT2D eigenvalue weighted by Gasteiger charge is -2.52. The maximum absolute atomic E-state index is 12.0. The fraction of sp³-hybridized carbons (Fsp3) is 0.733. The van der Waals surface area contributed by atoms with Crippen molar-refractivity contribution in [2.45, 2.75) is 51.1 Å². The predicted molar refractivity (Wildman–Crippen MR) is 92.3 cm³/mol. The summed E-state index contributed by atoms with van der Waals surface area (Å²) in [6.07, 6.45) is 7.96. The summed E-state index contributed by atoms with van der Waals surface area (Å²) in [5, 5.41) is 0.639. The van der Waals surface area contributed by atoms with Crippen molar-refractivity contribution < 1.29 is 4.79 Å². The fourth-order valence-electron chi connectivity index (χ4n) is 3.94. The first-order valence-corrected chi connectivity index (χ1v) is 8.61. The van der Waals surface area contributed by atoms with E-state index in [4.69, 9.17) is 5.73 Å². The zero-order chi connectivity index (χ0) is 14.9. The second-order valence-electron chi connectivity index (χ2n) is 6.33. The maximum Gasteiger partial charge on any atom is 0.219 e. The molecule has 0 unspecified atom stereocenters. The van der Waals surface area contributed by atoms with Gasteiger partial charge in [0.25, 0.3) is 0 Å². The highest BCUT2D eigenvalue weighted by molar-refractivity contribution is 7.15. The minimum absolute atomic E-state index is 0. The second-order valence-corrected chi connectivity index (χ2v) is 7.48. The smallest absolute Gasteiger partial charge is 0.219 e. The molecule has 0 radical (unpaired) electrons. The summed E-state index contributed by atoms with van der Waals surface area (Å²) in [4.78, 5) is 22.0. The van der Waals surface area contributed by atoms with E-state index in [0.29, 0.717) is 5.13 Å². The molecule has 0 bridgehead atoms. The summed E-state index contributed by atoms with van der Waals surface area (Å²) in [6, 6.07) is 0. The number of rotatable bonds is 2. The number of anilines is 1. The largest absolute Gasteiger partial charge is 0.375 e. The van der Waals surface area contributed by atoms with Crippen LogP contribution in [0, 0.1) is 0 Å². The van der Waals surface area contributed by atoms with Crippen molar-refractivity contribution in [3.63, 3.8) is 0 Å². The van der Waals surface area contributed by atoms with Gasteiger partial charge in [0.15, 0.2) is 5.13 Å². The van der Waals surface area contributed by atoms with Gasteiger partial charge in [-0.05, 0) is 12.8 Å². The van der Waals surface area contributed by atoms with Crippen LogP contribution in [0.3, 0.4) is 0 Å². The highest BCUT2D eigenvalue weighted by atomic mass is 35.5. The average molecular weight is 345 g/mol. The van der Waals surface area contributed by atoms with Crippen molar-refractivity contribution in [2.24, 2.45) is 0 Å². The van der Waals surface area contributed by atoms with Gasteiger partial charge in [0, 0.05) is 44.2 Å². The quantitative estimate of drug-likeness (QED) is 0.895. The van der Waals surface area contributed by atoms with Gasteiger partial charge in [0.2, 0.25) is 5.91 Å². The first kappa shape index (κ1) is 17.5. The van der Waals surface area contributed by atoms with Gasteiger partial charge in [-0.2, -0.15) is 0 Å². The minimum atomic E-state index is 0. The van der Waals surface area contributed by atoms with Crippen molar-refractivity contribution in [2.75, 3.05) is 25.4 Å². The van der Waals surface area contributed by atoms with E-state index in [-0.39, 0.29) is 23.9 Å². The fourth-order valence-corrected chi connectivity index (χ4v) is 4.67. The third kappa shape index (κ3) is 3.55. The minimum Gasteiger partial charge on any atom is -0.375 e. The molecule has 0 atom stereocenters. The van der Waals surface area contributed by atoms with Crippen LogP contribution in [-0.2, 0) is 11.3 Å². The highest BCUT2D eigenvalue weighted by Crippen LogP contribution is 2.37. The molecule has 1 aliphatic carbocycles. The molecule has 22 heavy (non-hydrogen) atoms. The Morgan fingerprint density at radius 1 is 1.36 bits per heavy atom. The Kier molecular flexibility index (Phi) is 5.69. The van der Waals surface area contributed by atoms with Crippen LogP contribution < -0.4 is 5.73 Å². The van der Waals surface area contributed by atoms with Gasteiger partial charge in [-0.15, -0.1) is 23.7 Å². The van der Waals surface area contributed by atoms with E-state index in [9.17, 15) is 4.79 Å². The Labute approximate surface area is 142 Å². The van der Waals surface area contributed by atoms with Crippen molar-refractivity contribution in [3.05, 3.63) is 11.1 Å². The number of amides is 1. The van der Waals surface area contributed by atoms with E-state index in [0.717, 1.165) is 39.0 Å². The van der Waals surface area contributed by atoms with Gasteiger partial charge in [-0.3, -0.25) is 9.69 Å². The standard InChI is InChI=1S/C15H24N4OS.ClH/c1-12(20)19-8-7-18(10-13-9-17-14(16)21-13)11-15(19)5-3-2-4-6-15;/h9H,2-8,10-11H2,1H3,(H2,16,17);1H. The molecule has 5 nitrogen and oxygen atoms in total. The highest BCUT2D eigenvalue weighted by Gasteiger charge is 2.43. The Balaban J connectivity index is 0.00000176. The Morgan fingerprint density at radius 2 is 2.09 bits per heavy atom. The molecule has 7 heteroatoms. The van der Waals surface area contributed by atoms with Crippen molar-refractivity contribution in [3.8, 4) is 0 Å². The molecule has 1 aromatic rings. The molecule has 1 aromatic heterocycles. The van der Waals surface area contributed by atoms with Crippen LogP contribution in [0.1, 0.15) is 43.9 Å². The van der Waals surface area contributed by atoms with Gasteiger partial charge in [0.05, 0.1) is 5.54 Å². The number of hydrogen-bond donors (Lipinski definition) is 1. The summed E-state index contributed by atoms with van der Waals surface area (Å²) >= 11 is 1.57.